The van der Waals surface area contributed by atoms with Crippen LogP contribution in [-0.4, -0.2) is 31.2 Å². The van der Waals surface area contributed by atoms with Crippen molar-refractivity contribution in [3.63, 3.8) is 0 Å². The second-order valence-corrected chi connectivity index (χ2v) is 8.08. The van der Waals surface area contributed by atoms with Crippen molar-refractivity contribution in [1.82, 2.24) is 5.32 Å². The predicted octanol–water partition coefficient (Wildman–Crippen LogP) is 3.64. The van der Waals surface area contributed by atoms with E-state index in [4.69, 9.17) is 4.74 Å². The highest BCUT2D eigenvalue weighted by Gasteiger charge is 2.57. The number of carbonyl (C=O) groups excluding carboxylic acids is 1. The van der Waals surface area contributed by atoms with Crippen molar-refractivity contribution in [3.8, 4) is 0 Å². The molecule has 0 unspecified atom stereocenters. The number of nitrogens with one attached hydrogen (secondary N) is 1. The van der Waals surface area contributed by atoms with Crippen LogP contribution in [0.4, 0.5) is 13.2 Å². The van der Waals surface area contributed by atoms with Crippen LogP contribution in [0, 0.1) is 10.8 Å². The molecule has 0 radical (unpaired) electrons. The summed E-state index contributed by atoms with van der Waals surface area (Å²) >= 11 is 0. The van der Waals surface area contributed by atoms with Crippen molar-refractivity contribution < 1.29 is 22.7 Å². The number of ether oxygens (including phenoxy) is 1. The summed E-state index contributed by atoms with van der Waals surface area (Å²) in [5.41, 5.74) is 0.730. The van der Waals surface area contributed by atoms with Crippen LogP contribution in [-0.2, 0) is 9.53 Å². The summed E-state index contributed by atoms with van der Waals surface area (Å²) in [4.78, 5) is 13.0. The van der Waals surface area contributed by atoms with Crippen molar-refractivity contribution in [3.05, 3.63) is 22.7 Å². The lowest BCUT2D eigenvalue weighted by Gasteiger charge is -2.49. The Balaban J connectivity index is 1.84. The van der Waals surface area contributed by atoms with E-state index in [1.54, 1.807) is 0 Å². The van der Waals surface area contributed by atoms with Gasteiger partial charge in [-0.3, -0.25) is 4.79 Å². The van der Waals surface area contributed by atoms with Crippen LogP contribution in [0.25, 0.3) is 0 Å². The summed E-state index contributed by atoms with van der Waals surface area (Å²) in [5, 5.41) is 11.3. The minimum Gasteiger partial charge on any atom is -0.369 e. The van der Waals surface area contributed by atoms with Crippen molar-refractivity contribution >= 4 is 5.78 Å². The molecule has 3 heterocycles. The lowest BCUT2D eigenvalue weighted by molar-refractivity contribution is -0.239. The van der Waals surface area contributed by atoms with Crippen molar-refractivity contribution in [2.75, 3.05) is 13.2 Å². The Hall–Kier alpha value is -1.70. The summed E-state index contributed by atoms with van der Waals surface area (Å²) in [6, 6.07) is 0. The average molecular weight is 355 g/mol. The summed E-state index contributed by atoms with van der Waals surface area (Å²) in [5.74, 6) is 0.451. The maximum atomic E-state index is 13.4. The Bertz CT molecular complexity index is 736. The molecule has 0 amide bonds. The van der Waals surface area contributed by atoms with Gasteiger partial charge >= 0.3 is 6.18 Å². The first-order valence-corrected chi connectivity index (χ1v) is 8.46. The van der Waals surface area contributed by atoms with Crippen LogP contribution in [0.3, 0.4) is 0 Å². The van der Waals surface area contributed by atoms with Crippen LogP contribution in [0.5, 0.6) is 0 Å². The van der Waals surface area contributed by atoms with Gasteiger partial charge in [-0.1, -0.05) is 13.8 Å². The van der Waals surface area contributed by atoms with Gasteiger partial charge in [0.2, 0.25) is 0 Å². The van der Waals surface area contributed by atoms with Crippen molar-refractivity contribution in [2.24, 2.45) is 21.1 Å². The van der Waals surface area contributed by atoms with Gasteiger partial charge in [0.1, 0.15) is 0 Å². The van der Waals surface area contributed by atoms with Crippen LogP contribution in [0.15, 0.2) is 32.9 Å². The molecule has 0 aromatic rings. The van der Waals surface area contributed by atoms with Gasteiger partial charge < -0.3 is 10.1 Å². The van der Waals surface area contributed by atoms with E-state index in [1.807, 2.05) is 13.8 Å². The monoisotopic (exact) mass is 355 g/mol. The number of hydrogen-bond acceptors (Lipinski definition) is 5. The third-order valence-corrected chi connectivity index (χ3v) is 5.63. The molecular weight excluding hydrogens is 335 g/mol. The maximum Gasteiger partial charge on any atom is 0.414 e. The van der Waals surface area contributed by atoms with Crippen molar-refractivity contribution in [2.45, 2.75) is 51.8 Å². The number of Topliss-reactive ketones (excluding diaryl/α,β-unsaturated/α-hetero) is 1. The number of carbonyl (C=O) groups is 1. The lowest BCUT2D eigenvalue weighted by atomic mass is 9.59. The molecule has 0 aromatic heterocycles. The SMILES string of the molecule is CC1(C)CC(=O)C2=C(C1)NC1=C(CN=N1)[C@]21CCO[C@@H](C(F)(F)F)C1. The number of rotatable bonds is 0. The lowest BCUT2D eigenvalue weighted by Crippen LogP contribution is -2.50. The average Bonchev–Trinajstić information content (AvgIpc) is 2.93. The van der Waals surface area contributed by atoms with E-state index >= 15 is 0 Å². The van der Waals surface area contributed by atoms with Crippen LogP contribution in [0.2, 0.25) is 0 Å². The Morgan fingerprint density at radius 3 is 2.76 bits per heavy atom. The first kappa shape index (κ1) is 16.8. The molecule has 4 rings (SSSR count). The van der Waals surface area contributed by atoms with Crippen molar-refractivity contribution in [1.29, 1.82) is 0 Å². The maximum absolute atomic E-state index is 13.4. The molecular formula is C17H20F3N3O2. The predicted molar refractivity (Wildman–Crippen MR) is 82.4 cm³/mol. The largest absolute Gasteiger partial charge is 0.414 e. The quantitative estimate of drug-likeness (QED) is 0.722. The van der Waals surface area contributed by atoms with E-state index < -0.39 is 17.7 Å². The first-order valence-electron chi connectivity index (χ1n) is 8.46. The molecule has 1 N–H and O–H groups in total. The summed E-state index contributed by atoms with van der Waals surface area (Å²) < 4.78 is 45.1. The van der Waals surface area contributed by atoms with E-state index in [0.29, 0.717) is 41.9 Å². The number of nitrogens with zero attached hydrogens (tertiary/aromatic N) is 2. The van der Waals surface area contributed by atoms with Gasteiger partial charge in [-0.05, 0) is 24.7 Å². The molecule has 1 aliphatic carbocycles. The second kappa shape index (κ2) is 5.16. The number of fused-ring (bicyclic) bond motifs is 2. The van der Waals surface area contributed by atoms with E-state index in [1.165, 1.54) is 0 Å². The molecule has 5 nitrogen and oxygen atoms in total. The van der Waals surface area contributed by atoms with E-state index in [2.05, 4.69) is 15.5 Å². The third-order valence-electron chi connectivity index (χ3n) is 5.63. The molecule has 3 aliphatic heterocycles. The minimum absolute atomic E-state index is 0.0333. The number of azo groups is 1. The zero-order chi connectivity index (χ0) is 18.0. The summed E-state index contributed by atoms with van der Waals surface area (Å²) in [7, 11) is 0. The Morgan fingerprint density at radius 2 is 2.04 bits per heavy atom. The molecule has 0 saturated carbocycles. The van der Waals surface area contributed by atoms with Gasteiger partial charge in [-0.15, -0.1) is 5.11 Å². The Kier molecular flexibility index (Phi) is 3.45. The summed E-state index contributed by atoms with van der Waals surface area (Å²) in [6.07, 6.45) is -5.29. The number of ketones is 1. The van der Waals surface area contributed by atoms with Gasteiger partial charge in [0.05, 0.1) is 6.54 Å². The molecule has 4 aliphatic rings. The van der Waals surface area contributed by atoms with Gasteiger partial charge in [-0.2, -0.15) is 18.3 Å². The highest BCUT2D eigenvalue weighted by molar-refractivity contribution is 6.00. The molecule has 0 bridgehead atoms. The molecule has 1 fully saturated rings. The van der Waals surface area contributed by atoms with Gasteiger partial charge in [0.15, 0.2) is 17.7 Å². The van der Waals surface area contributed by atoms with E-state index in [9.17, 15) is 18.0 Å². The van der Waals surface area contributed by atoms with Crippen LogP contribution in [0.1, 0.15) is 39.5 Å². The topological polar surface area (TPSA) is 63.0 Å². The zero-order valence-electron chi connectivity index (χ0n) is 14.2. The molecule has 1 spiro atoms. The molecule has 136 valence electrons. The normalized spacial score (nSPS) is 34.3. The standard InChI is InChI=1S/C17H20F3N3O2/c1-15(2)5-10-13(11(24)6-15)16(9-8-21-23-14(9)22-10)3-4-25-12(7-16)17(18,19)20/h12,22H,3-8H2,1-2H3/t12-,16-/m1/s1. The van der Waals surface area contributed by atoms with E-state index in [-0.39, 0.29) is 30.8 Å². The fourth-order valence-corrected chi connectivity index (χ4v) is 4.63. The number of halogens is 3. The number of allylic oxidation sites excluding steroid dienone is 2. The molecule has 0 aromatic carbocycles. The van der Waals surface area contributed by atoms with Crippen LogP contribution < -0.4 is 5.32 Å². The Labute approximate surface area is 143 Å². The molecule has 25 heavy (non-hydrogen) atoms. The Morgan fingerprint density at radius 1 is 1.28 bits per heavy atom. The van der Waals surface area contributed by atoms with Gasteiger partial charge in [0.25, 0.3) is 0 Å². The van der Waals surface area contributed by atoms with E-state index in [0.717, 1.165) is 0 Å². The molecule has 1 saturated heterocycles. The minimum atomic E-state index is -4.45. The molecule has 8 heteroatoms. The third kappa shape index (κ3) is 2.53. The second-order valence-electron chi connectivity index (χ2n) is 8.08. The number of alkyl halides is 3. The number of dihydropyridines is 1. The number of hydrogen-bond donors (Lipinski definition) is 1. The van der Waals surface area contributed by atoms with Crippen LogP contribution >= 0.6 is 0 Å². The highest BCUT2D eigenvalue weighted by Crippen LogP contribution is 2.56. The van der Waals surface area contributed by atoms with Gasteiger partial charge in [-0.25, -0.2) is 0 Å². The zero-order valence-corrected chi connectivity index (χ0v) is 14.2. The first-order chi connectivity index (χ1) is 11.6. The van der Waals surface area contributed by atoms with Gasteiger partial charge in [0, 0.05) is 35.3 Å². The summed E-state index contributed by atoms with van der Waals surface area (Å²) in [6.45, 7) is 4.19. The fraction of sp³-hybridized carbons (Fsp3) is 0.706. The smallest absolute Gasteiger partial charge is 0.369 e. The fourth-order valence-electron chi connectivity index (χ4n) is 4.63. The molecule has 2 atom stereocenters. The highest BCUT2D eigenvalue weighted by atomic mass is 19.4.